The Labute approximate surface area is 324 Å². The summed E-state index contributed by atoms with van der Waals surface area (Å²) in [5.74, 6) is 0. The lowest BCUT2D eigenvalue weighted by Gasteiger charge is -2.25. The van der Waals surface area contributed by atoms with Gasteiger partial charge in [0.2, 0.25) is 0 Å². The number of nitrogens with one attached hydrogen (secondary N) is 1. The molecule has 0 aliphatic carbocycles. The molecule has 1 unspecified atom stereocenters. The monoisotopic (exact) mass is 717 g/mol. The second-order valence-electron chi connectivity index (χ2n) is 14.4. The van der Waals surface area contributed by atoms with Crippen molar-refractivity contribution in [2.45, 2.75) is 6.17 Å². The van der Waals surface area contributed by atoms with Crippen LogP contribution in [0.2, 0.25) is 0 Å². The standard InChI is InChI=1S/C52H35N3O/c1-2-10-39(11-3-1)52-53-46(33-47(54-52)38-24-20-36(21-25-38)40-28-31-51-45(32-40)44-14-6-9-17-50(44)56-51)37-22-18-34(19-23-37)35-26-29-41(30-27-35)55-48-15-7-4-12-42(48)43-13-5-8-16-49(43)55/h1-33,52-53H. The molecular weight excluding hydrogens is 683 g/mol. The van der Waals surface area contributed by atoms with E-state index in [0.717, 1.165) is 66.9 Å². The van der Waals surface area contributed by atoms with E-state index in [4.69, 9.17) is 9.41 Å². The fourth-order valence-electron chi connectivity index (χ4n) is 8.24. The molecule has 4 heteroatoms. The first-order valence-corrected chi connectivity index (χ1v) is 19.1. The van der Waals surface area contributed by atoms with Gasteiger partial charge in [0.1, 0.15) is 17.3 Å². The maximum atomic E-state index is 6.08. The lowest BCUT2D eigenvalue weighted by Crippen LogP contribution is -2.24. The van der Waals surface area contributed by atoms with Crippen LogP contribution in [-0.2, 0) is 0 Å². The first kappa shape index (κ1) is 32.0. The number of para-hydroxylation sites is 3. The van der Waals surface area contributed by atoms with Crippen LogP contribution in [0.5, 0.6) is 0 Å². The molecule has 11 rings (SSSR count). The molecule has 1 aliphatic heterocycles. The van der Waals surface area contributed by atoms with E-state index in [0.29, 0.717) is 0 Å². The first-order chi connectivity index (χ1) is 27.7. The summed E-state index contributed by atoms with van der Waals surface area (Å²) in [6.07, 6.45) is 1.96. The number of aromatic nitrogens is 1. The van der Waals surface area contributed by atoms with Crippen LogP contribution in [0.25, 0.3) is 77.4 Å². The van der Waals surface area contributed by atoms with Crippen molar-refractivity contribution >= 4 is 55.2 Å². The maximum absolute atomic E-state index is 6.08. The van der Waals surface area contributed by atoms with Crippen LogP contribution in [0, 0.1) is 0 Å². The molecular formula is C52H35N3O. The van der Waals surface area contributed by atoms with Crippen molar-refractivity contribution < 1.29 is 4.42 Å². The van der Waals surface area contributed by atoms with E-state index in [2.05, 4.69) is 192 Å². The van der Waals surface area contributed by atoms with Crippen molar-refractivity contribution in [3.63, 3.8) is 0 Å². The summed E-state index contributed by atoms with van der Waals surface area (Å²) >= 11 is 0. The molecule has 56 heavy (non-hydrogen) atoms. The molecule has 0 amide bonds. The predicted molar refractivity (Wildman–Crippen MR) is 232 cm³/mol. The first-order valence-electron chi connectivity index (χ1n) is 19.1. The molecule has 4 nitrogen and oxygen atoms in total. The van der Waals surface area contributed by atoms with E-state index in [-0.39, 0.29) is 6.17 Å². The van der Waals surface area contributed by atoms with Gasteiger partial charge in [-0.15, -0.1) is 0 Å². The molecule has 0 saturated heterocycles. The quantitative estimate of drug-likeness (QED) is 0.186. The van der Waals surface area contributed by atoms with Crippen LogP contribution in [0.15, 0.2) is 210 Å². The maximum Gasteiger partial charge on any atom is 0.145 e. The number of hydrogen-bond acceptors (Lipinski definition) is 3. The molecule has 1 aliphatic rings. The number of aliphatic imine (C=N–C) groups is 1. The third-order valence-corrected chi connectivity index (χ3v) is 11.1. The average molecular weight is 718 g/mol. The predicted octanol–water partition coefficient (Wildman–Crippen LogP) is 13.1. The Kier molecular flexibility index (Phi) is 7.52. The topological polar surface area (TPSA) is 42.5 Å². The van der Waals surface area contributed by atoms with Crippen LogP contribution < -0.4 is 5.32 Å². The van der Waals surface area contributed by atoms with Crippen molar-refractivity contribution in [3.8, 4) is 27.9 Å². The van der Waals surface area contributed by atoms with Gasteiger partial charge in [-0.3, -0.25) is 4.99 Å². The number of nitrogens with zero attached hydrogens (tertiary/aromatic N) is 2. The van der Waals surface area contributed by atoms with Crippen LogP contribution in [0.1, 0.15) is 22.9 Å². The number of furan rings is 1. The van der Waals surface area contributed by atoms with Crippen molar-refractivity contribution in [1.29, 1.82) is 0 Å². The Hall–Kier alpha value is -7.43. The summed E-state index contributed by atoms with van der Waals surface area (Å²) in [4.78, 5) is 5.22. The van der Waals surface area contributed by atoms with E-state index in [1.54, 1.807) is 0 Å². The lowest BCUT2D eigenvalue weighted by atomic mass is 9.97. The van der Waals surface area contributed by atoms with E-state index in [1.807, 2.05) is 18.2 Å². The highest BCUT2D eigenvalue weighted by atomic mass is 16.3. The number of hydrogen-bond donors (Lipinski definition) is 1. The van der Waals surface area contributed by atoms with Gasteiger partial charge in [0.05, 0.1) is 16.7 Å². The van der Waals surface area contributed by atoms with Gasteiger partial charge in [-0.1, -0.05) is 152 Å². The summed E-state index contributed by atoms with van der Waals surface area (Å²) in [6, 6.07) is 68.9. The average Bonchev–Trinajstić information content (AvgIpc) is 3.82. The largest absolute Gasteiger partial charge is 0.456 e. The summed E-state index contributed by atoms with van der Waals surface area (Å²) in [5.41, 5.74) is 15.3. The van der Waals surface area contributed by atoms with Gasteiger partial charge in [-0.05, 0) is 87.5 Å². The second kappa shape index (κ2) is 13.2. The van der Waals surface area contributed by atoms with Crippen molar-refractivity contribution in [1.82, 2.24) is 9.88 Å². The molecule has 0 saturated carbocycles. The summed E-state index contributed by atoms with van der Waals surface area (Å²) in [5, 5.41) is 8.53. The SMILES string of the molecule is C1=C(c2ccc(-c3ccc(-n4c5ccccc5c5ccccc54)cc3)cc2)NC(c2ccccc2)N=C1c1ccc(-c2ccc3oc4ccccc4c3c2)cc1. The molecule has 264 valence electrons. The Morgan fingerprint density at radius 3 is 1.64 bits per heavy atom. The number of allylic oxidation sites excluding steroid dienone is 1. The molecule has 10 aromatic rings. The Morgan fingerprint density at radius 1 is 0.429 bits per heavy atom. The molecule has 0 bridgehead atoms. The van der Waals surface area contributed by atoms with Crippen LogP contribution in [-0.4, -0.2) is 10.3 Å². The van der Waals surface area contributed by atoms with Crippen molar-refractivity contribution in [2.24, 2.45) is 4.99 Å². The molecule has 0 fully saturated rings. The van der Waals surface area contributed by atoms with Crippen LogP contribution >= 0.6 is 0 Å². The number of fused-ring (bicyclic) bond motifs is 6. The minimum absolute atomic E-state index is 0.212. The normalized spacial score (nSPS) is 14.2. The van der Waals surface area contributed by atoms with Gasteiger partial charge in [0, 0.05) is 32.9 Å². The summed E-state index contributed by atoms with van der Waals surface area (Å²) < 4.78 is 8.43. The fraction of sp³-hybridized carbons (Fsp3) is 0.0192. The van der Waals surface area contributed by atoms with E-state index >= 15 is 0 Å². The highest BCUT2D eigenvalue weighted by molar-refractivity contribution is 6.13. The van der Waals surface area contributed by atoms with Gasteiger partial charge < -0.3 is 14.3 Å². The smallest absolute Gasteiger partial charge is 0.145 e. The van der Waals surface area contributed by atoms with Crippen LogP contribution in [0.4, 0.5) is 0 Å². The Balaban J connectivity index is 0.896. The van der Waals surface area contributed by atoms with Crippen molar-refractivity contribution in [2.75, 3.05) is 0 Å². The van der Waals surface area contributed by atoms with E-state index in [1.165, 1.54) is 32.9 Å². The third-order valence-electron chi connectivity index (χ3n) is 11.1. The van der Waals surface area contributed by atoms with Gasteiger partial charge in [0.25, 0.3) is 0 Å². The van der Waals surface area contributed by atoms with Gasteiger partial charge in [-0.25, -0.2) is 0 Å². The summed E-state index contributed by atoms with van der Waals surface area (Å²) in [7, 11) is 0. The second-order valence-corrected chi connectivity index (χ2v) is 14.4. The zero-order valence-electron chi connectivity index (χ0n) is 30.4. The number of benzene rings is 8. The van der Waals surface area contributed by atoms with E-state index < -0.39 is 0 Å². The molecule has 1 N–H and O–H groups in total. The van der Waals surface area contributed by atoms with Crippen LogP contribution in [0.3, 0.4) is 0 Å². The lowest BCUT2D eigenvalue weighted by molar-refractivity contribution is 0.664. The summed E-state index contributed by atoms with van der Waals surface area (Å²) in [6.45, 7) is 0. The fourth-order valence-corrected chi connectivity index (χ4v) is 8.24. The minimum Gasteiger partial charge on any atom is -0.456 e. The molecule has 1 atom stereocenters. The molecule has 8 aromatic carbocycles. The Morgan fingerprint density at radius 2 is 0.946 bits per heavy atom. The zero-order valence-corrected chi connectivity index (χ0v) is 30.4. The molecule has 0 spiro atoms. The highest BCUT2D eigenvalue weighted by Crippen LogP contribution is 2.35. The third kappa shape index (κ3) is 5.50. The minimum atomic E-state index is -0.212. The van der Waals surface area contributed by atoms with Gasteiger partial charge >= 0.3 is 0 Å². The highest BCUT2D eigenvalue weighted by Gasteiger charge is 2.20. The number of rotatable bonds is 6. The van der Waals surface area contributed by atoms with Crippen molar-refractivity contribution in [3.05, 3.63) is 217 Å². The molecule has 0 radical (unpaired) electrons. The van der Waals surface area contributed by atoms with E-state index in [9.17, 15) is 0 Å². The van der Waals surface area contributed by atoms with Gasteiger partial charge in [-0.2, -0.15) is 0 Å². The molecule has 2 aromatic heterocycles. The zero-order chi connectivity index (χ0) is 37.0. The Bertz CT molecular complexity index is 3080. The van der Waals surface area contributed by atoms with Gasteiger partial charge in [0.15, 0.2) is 0 Å². The molecule has 3 heterocycles.